The highest BCUT2D eigenvalue weighted by atomic mass is 16.5. The first-order chi connectivity index (χ1) is 19.2. The average molecular weight is 543 g/mol. The molecular formula is C31H46N2O6. The first kappa shape index (κ1) is 29.6. The second kappa shape index (κ2) is 16.0. The van der Waals surface area contributed by atoms with Gasteiger partial charge >= 0.3 is 0 Å². The van der Waals surface area contributed by atoms with E-state index in [2.05, 4.69) is 59.6 Å². The van der Waals surface area contributed by atoms with Crippen LogP contribution in [0.15, 0.2) is 42.5 Å². The Balaban J connectivity index is 1.44. The summed E-state index contributed by atoms with van der Waals surface area (Å²) in [5.41, 5.74) is 3.50. The van der Waals surface area contributed by atoms with E-state index in [-0.39, 0.29) is 18.1 Å². The van der Waals surface area contributed by atoms with Gasteiger partial charge in [0.2, 0.25) is 0 Å². The number of fused-ring (bicyclic) bond motifs is 1. The van der Waals surface area contributed by atoms with E-state index >= 15 is 0 Å². The van der Waals surface area contributed by atoms with Crippen LogP contribution in [0.3, 0.4) is 0 Å². The molecule has 0 unspecified atom stereocenters. The minimum Gasteiger partial charge on any atom is -0.494 e. The Morgan fingerprint density at radius 2 is 1.67 bits per heavy atom. The molecule has 0 aliphatic carbocycles. The second-order valence-corrected chi connectivity index (χ2v) is 10.2. The first-order valence-corrected chi connectivity index (χ1v) is 14.4. The molecule has 2 aliphatic rings. The van der Waals surface area contributed by atoms with Crippen LogP contribution in [-0.4, -0.2) is 85.6 Å². The zero-order valence-corrected chi connectivity index (χ0v) is 23.9. The lowest BCUT2D eigenvalue weighted by molar-refractivity contribution is -0.0597. The lowest BCUT2D eigenvalue weighted by Gasteiger charge is -2.39. The van der Waals surface area contributed by atoms with Crippen LogP contribution in [0.2, 0.25) is 0 Å². The molecule has 0 radical (unpaired) electrons. The highest BCUT2D eigenvalue weighted by Gasteiger charge is 2.36. The van der Waals surface area contributed by atoms with Gasteiger partial charge in [-0.05, 0) is 48.2 Å². The van der Waals surface area contributed by atoms with Gasteiger partial charge in [-0.1, -0.05) is 25.1 Å². The van der Waals surface area contributed by atoms with Gasteiger partial charge in [-0.2, -0.15) is 0 Å². The molecule has 2 aliphatic heterocycles. The van der Waals surface area contributed by atoms with Gasteiger partial charge in [0.1, 0.15) is 18.1 Å². The molecule has 2 aromatic carbocycles. The van der Waals surface area contributed by atoms with Gasteiger partial charge in [0.25, 0.3) is 0 Å². The van der Waals surface area contributed by atoms with Gasteiger partial charge in [-0.15, -0.1) is 0 Å². The molecule has 0 bridgehead atoms. The van der Waals surface area contributed by atoms with Crippen molar-refractivity contribution in [3.63, 3.8) is 0 Å². The van der Waals surface area contributed by atoms with Crippen molar-refractivity contribution in [3.8, 4) is 11.5 Å². The molecule has 0 amide bonds. The van der Waals surface area contributed by atoms with Crippen molar-refractivity contribution in [1.82, 2.24) is 5.32 Å². The van der Waals surface area contributed by atoms with E-state index in [1.165, 1.54) is 5.56 Å². The molecule has 2 aromatic rings. The number of rotatable bonds is 16. The summed E-state index contributed by atoms with van der Waals surface area (Å²) in [6.45, 7) is 9.65. The fraction of sp³-hybridized carbons (Fsp3) is 0.613. The Kier molecular flexibility index (Phi) is 12.2. The van der Waals surface area contributed by atoms with Crippen molar-refractivity contribution in [2.45, 2.75) is 50.9 Å². The van der Waals surface area contributed by atoms with Gasteiger partial charge in [0.05, 0.1) is 37.7 Å². The summed E-state index contributed by atoms with van der Waals surface area (Å²) < 4.78 is 35.1. The Hall–Kier alpha value is -2.36. The van der Waals surface area contributed by atoms with E-state index in [1.807, 2.05) is 0 Å². The van der Waals surface area contributed by atoms with Gasteiger partial charge in [-0.25, -0.2) is 0 Å². The highest BCUT2D eigenvalue weighted by molar-refractivity contribution is 5.61. The molecule has 216 valence electrons. The predicted octanol–water partition coefficient (Wildman–Crippen LogP) is 4.40. The predicted molar refractivity (Wildman–Crippen MR) is 153 cm³/mol. The quantitative estimate of drug-likeness (QED) is 0.313. The van der Waals surface area contributed by atoms with Gasteiger partial charge in [-0.3, -0.25) is 0 Å². The molecule has 1 saturated heterocycles. The summed E-state index contributed by atoms with van der Waals surface area (Å²) in [6, 6.07) is 14.8. The van der Waals surface area contributed by atoms with Crippen LogP contribution in [0.1, 0.15) is 43.2 Å². The molecule has 2 heterocycles. The number of hydrogen-bond acceptors (Lipinski definition) is 8. The molecule has 0 spiro atoms. The third-order valence-electron chi connectivity index (χ3n) is 7.28. The Morgan fingerprint density at radius 3 is 2.44 bits per heavy atom. The van der Waals surface area contributed by atoms with E-state index in [0.29, 0.717) is 26.4 Å². The minimum atomic E-state index is -0.0147. The zero-order valence-electron chi connectivity index (χ0n) is 23.9. The fourth-order valence-electron chi connectivity index (χ4n) is 5.31. The fourth-order valence-corrected chi connectivity index (χ4v) is 5.31. The molecule has 39 heavy (non-hydrogen) atoms. The van der Waals surface area contributed by atoms with Gasteiger partial charge in [0.15, 0.2) is 0 Å². The third kappa shape index (κ3) is 8.56. The van der Waals surface area contributed by atoms with Crippen LogP contribution in [0, 0.1) is 0 Å². The maximum atomic E-state index is 6.63. The largest absolute Gasteiger partial charge is 0.494 e. The van der Waals surface area contributed by atoms with Gasteiger partial charge in [0, 0.05) is 66.0 Å². The van der Waals surface area contributed by atoms with Crippen molar-refractivity contribution < 1.29 is 28.4 Å². The van der Waals surface area contributed by atoms with Crippen molar-refractivity contribution in [2.75, 3.05) is 78.3 Å². The van der Waals surface area contributed by atoms with Crippen molar-refractivity contribution >= 4 is 5.69 Å². The normalized spacial score (nSPS) is 20.9. The topological polar surface area (TPSA) is 70.7 Å². The maximum absolute atomic E-state index is 6.63. The summed E-state index contributed by atoms with van der Waals surface area (Å²) in [4.78, 5) is 2.39. The minimum absolute atomic E-state index is 0.0147. The summed E-state index contributed by atoms with van der Waals surface area (Å²) in [7, 11) is 3.46. The molecule has 0 saturated carbocycles. The van der Waals surface area contributed by atoms with E-state index < -0.39 is 0 Å². The number of anilines is 1. The van der Waals surface area contributed by atoms with Crippen LogP contribution in [0.5, 0.6) is 11.5 Å². The third-order valence-corrected chi connectivity index (χ3v) is 7.28. The number of benzene rings is 2. The van der Waals surface area contributed by atoms with E-state index in [9.17, 15) is 0 Å². The van der Waals surface area contributed by atoms with Crippen LogP contribution < -0.4 is 19.7 Å². The second-order valence-electron chi connectivity index (χ2n) is 10.2. The summed E-state index contributed by atoms with van der Waals surface area (Å²) >= 11 is 0. The standard InChI is InChI=1S/C31H46N2O6/c1-4-15-37-29-21-32-22-30(31(29)25-8-10-26(11-9-25)36-18-6-17-35-3)39-23-24-7-12-28-27(20-24)33(14-19-38-28)13-5-16-34-2/h7-12,20,29-32H,4-6,13-19,21-23H2,1-3H3/t29-,30+,31+/m1/s1. The Labute approximate surface area is 233 Å². The molecular weight excluding hydrogens is 496 g/mol. The average Bonchev–Trinajstić information content (AvgIpc) is 2.98. The Bertz CT molecular complexity index is 972. The number of methoxy groups -OCH3 is 2. The summed E-state index contributed by atoms with van der Waals surface area (Å²) in [5.74, 6) is 1.95. The monoisotopic (exact) mass is 542 g/mol. The molecule has 8 heteroatoms. The van der Waals surface area contributed by atoms with Crippen molar-refractivity contribution in [3.05, 3.63) is 53.6 Å². The first-order valence-electron chi connectivity index (χ1n) is 14.4. The lowest BCUT2D eigenvalue weighted by Crippen LogP contribution is -2.50. The van der Waals surface area contributed by atoms with Crippen LogP contribution in [0.4, 0.5) is 5.69 Å². The van der Waals surface area contributed by atoms with Crippen molar-refractivity contribution in [2.24, 2.45) is 0 Å². The van der Waals surface area contributed by atoms with Crippen LogP contribution >= 0.6 is 0 Å². The van der Waals surface area contributed by atoms with E-state index in [1.54, 1.807) is 14.2 Å². The number of nitrogens with zero attached hydrogens (tertiary/aromatic N) is 1. The maximum Gasteiger partial charge on any atom is 0.142 e. The number of piperidine rings is 1. The van der Waals surface area contributed by atoms with E-state index in [0.717, 1.165) is 81.4 Å². The molecule has 8 nitrogen and oxygen atoms in total. The zero-order chi connectivity index (χ0) is 27.3. The smallest absolute Gasteiger partial charge is 0.142 e. The molecule has 0 aromatic heterocycles. The molecule has 3 atom stereocenters. The van der Waals surface area contributed by atoms with Crippen molar-refractivity contribution in [1.29, 1.82) is 0 Å². The number of ether oxygens (including phenoxy) is 6. The molecule has 4 rings (SSSR count). The number of hydrogen-bond donors (Lipinski definition) is 1. The van der Waals surface area contributed by atoms with E-state index in [4.69, 9.17) is 28.4 Å². The van der Waals surface area contributed by atoms with Gasteiger partial charge < -0.3 is 38.6 Å². The summed E-state index contributed by atoms with van der Waals surface area (Å²) in [5, 5.41) is 3.54. The van der Waals surface area contributed by atoms with Crippen LogP contribution in [0.25, 0.3) is 0 Å². The highest BCUT2D eigenvalue weighted by Crippen LogP contribution is 2.35. The molecule has 1 N–H and O–H groups in total. The number of nitrogens with one attached hydrogen (secondary N) is 1. The summed E-state index contributed by atoms with van der Waals surface area (Å²) in [6.07, 6.45) is 2.88. The molecule has 1 fully saturated rings. The SMILES string of the molecule is CCCO[C@@H]1CNC[C@H](OCc2ccc3c(c2)N(CCCOC)CCO3)[C@H]1c1ccc(OCCCOC)cc1. The Morgan fingerprint density at radius 1 is 0.897 bits per heavy atom. The van der Waals surface area contributed by atoms with Crippen LogP contribution in [-0.2, 0) is 25.6 Å². The lowest BCUT2D eigenvalue weighted by atomic mass is 9.85.